The van der Waals surface area contributed by atoms with Crippen LogP contribution in [0.1, 0.15) is 39.3 Å². The average molecular weight is 461 g/mol. The van der Waals surface area contributed by atoms with E-state index in [4.69, 9.17) is 9.47 Å². The van der Waals surface area contributed by atoms with Gasteiger partial charge in [0.1, 0.15) is 29.4 Å². The Kier molecular flexibility index (Phi) is 6.34. The van der Waals surface area contributed by atoms with Gasteiger partial charge in [-0.25, -0.2) is 9.79 Å². The van der Waals surface area contributed by atoms with Crippen LogP contribution in [-0.4, -0.2) is 68.3 Å². The van der Waals surface area contributed by atoms with Gasteiger partial charge in [-0.1, -0.05) is 19.8 Å². The number of aliphatic hydroxyl groups excluding tert-OH is 2. The van der Waals surface area contributed by atoms with Gasteiger partial charge >= 0.3 is 6.09 Å². The Bertz CT molecular complexity index is 1150. The molecule has 2 aliphatic heterocycles. The molecule has 4 atom stereocenters. The van der Waals surface area contributed by atoms with Crippen LogP contribution in [0.5, 0.6) is 0 Å². The number of ether oxygens (including phenoxy) is 2. The molecule has 0 aromatic carbocycles. The van der Waals surface area contributed by atoms with E-state index in [9.17, 15) is 24.9 Å². The molecule has 2 aliphatic rings. The summed E-state index contributed by atoms with van der Waals surface area (Å²) in [4.78, 5) is 33.0. The van der Waals surface area contributed by atoms with Crippen LogP contribution in [0.3, 0.4) is 0 Å². The zero-order valence-electron chi connectivity index (χ0n) is 18.3. The van der Waals surface area contributed by atoms with Crippen LogP contribution in [0.4, 0.5) is 22.1 Å². The highest BCUT2D eigenvalue weighted by molar-refractivity contribution is 6.12. The maximum atomic E-state index is 12.3. The van der Waals surface area contributed by atoms with Gasteiger partial charge in [0, 0.05) is 17.6 Å². The number of nitrogens with one attached hydrogen (secondary N) is 2. The minimum atomic E-state index is -1.76. The largest absolute Gasteiger partial charge is 0.449 e. The predicted octanol–water partition coefficient (Wildman–Crippen LogP) is 1.22. The molecule has 0 saturated carbocycles. The monoisotopic (exact) mass is 461 g/mol. The van der Waals surface area contributed by atoms with Gasteiger partial charge < -0.3 is 34.7 Å². The Morgan fingerprint density at radius 3 is 2.91 bits per heavy atom. The molecule has 0 bridgehead atoms. The Morgan fingerprint density at radius 1 is 1.42 bits per heavy atom. The van der Waals surface area contributed by atoms with Gasteiger partial charge in [0.2, 0.25) is 0 Å². The molecule has 2 aromatic heterocycles. The Hall–Kier alpha value is -3.06. The molecule has 0 radical (unpaired) electrons. The molecule has 2 aromatic rings. The number of anilines is 2. The van der Waals surface area contributed by atoms with Crippen LogP contribution in [-0.2, 0) is 9.47 Å². The van der Waals surface area contributed by atoms with Crippen molar-refractivity contribution >= 4 is 40.5 Å². The third-order valence-corrected chi connectivity index (χ3v) is 5.82. The fourth-order valence-corrected chi connectivity index (χ4v) is 4.08. The number of carbonyl (C=O) groups is 1. The van der Waals surface area contributed by atoms with E-state index in [2.05, 4.69) is 20.6 Å². The van der Waals surface area contributed by atoms with E-state index in [1.807, 2.05) is 6.92 Å². The topological polar surface area (TPSA) is 168 Å². The van der Waals surface area contributed by atoms with Crippen LogP contribution in [0.2, 0.25) is 0 Å². The van der Waals surface area contributed by atoms with E-state index < -0.39 is 42.3 Å². The highest BCUT2D eigenvalue weighted by Gasteiger charge is 2.53. The molecule has 178 valence electrons. The minimum Gasteiger partial charge on any atom is -0.449 e. The highest BCUT2D eigenvalue weighted by Crippen LogP contribution is 2.45. The van der Waals surface area contributed by atoms with Crippen molar-refractivity contribution < 1.29 is 29.6 Å². The van der Waals surface area contributed by atoms with Gasteiger partial charge in [-0.2, -0.15) is 4.98 Å². The molecular weight excluding hydrogens is 434 g/mol. The van der Waals surface area contributed by atoms with Crippen LogP contribution in [0, 0.1) is 0 Å². The number of hydrogen-bond donors (Lipinski definition) is 5. The average Bonchev–Trinajstić information content (AvgIpc) is 3.21. The lowest BCUT2D eigenvalue weighted by Crippen LogP contribution is -2.44. The molecule has 12 nitrogen and oxygen atoms in total. The zero-order chi connectivity index (χ0) is 23.8. The summed E-state index contributed by atoms with van der Waals surface area (Å²) in [6.45, 7) is 3.18. The standard InChI is InChI=1S/C21H27N5O7/c1-3-4-5-6-32-20(30)24-12-7-14(28)25-17-15-11(12)8-26(18(15)23-10-22-17)19-21(2,31)16(29)13(9-27)33-19/h7-8,10,13,16,19,27,29,31H,3-6,9H2,1-2H3,(H,24,30)(H,22,23,25,28). The number of nitrogens with zero attached hydrogens (tertiary/aromatic N) is 3. The van der Waals surface area contributed by atoms with Gasteiger partial charge in [0.15, 0.2) is 6.23 Å². The number of amides is 1. The van der Waals surface area contributed by atoms with Crippen LogP contribution in [0.15, 0.2) is 22.1 Å². The molecule has 4 rings (SSSR count). The number of unbranched alkanes of at least 4 members (excludes halogenated alkanes) is 2. The first kappa shape index (κ1) is 23.1. The van der Waals surface area contributed by atoms with E-state index >= 15 is 0 Å². The molecule has 4 unspecified atom stereocenters. The lowest BCUT2D eigenvalue weighted by molar-refractivity contribution is -0.0955. The van der Waals surface area contributed by atoms with E-state index in [1.54, 1.807) is 0 Å². The van der Waals surface area contributed by atoms with Crippen molar-refractivity contribution in [2.75, 3.05) is 23.8 Å². The van der Waals surface area contributed by atoms with Crippen molar-refractivity contribution in [3.63, 3.8) is 0 Å². The van der Waals surface area contributed by atoms with E-state index in [0.29, 0.717) is 10.8 Å². The lowest BCUT2D eigenvalue weighted by Gasteiger charge is -2.28. The lowest BCUT2D eigenvalue weighted by atomic mass is 9.96. The summed E-state index contributed by atoms with van der Waals surface area (Å²) in [5, 5.41) is 37.1. The summed E-state index contributed by atoms with van der Waals surface area (Å²) in [6, 6.07) is 1.17. The van der Waals surface area contributed by atoms with Crippen molar-refractivity contribution in [2.45, 2.75) is 57.1 Å². The molecule has 1 amide bonds. The van der Waals surface area contributed by atoms with Crippen molar-refractivity contribution in [1.29, 1.82) is 0 Å². The summed E-state index contributed by atoms with van der Waals surface area (Å²) < 4.78 is 12.4. The van der Waals surface area contributed by atoms with Crippen molar-refractivity contribution in [3.8, 4) is 0 Å². The second kappa shape index (κ2) is 9.06. The van der Waals surface area contributed by atoms with Crippen molar-refractivity contribution in [3.05, 3.63) is 22.6 Å². The summed E-state index contributed by atoms with van der Waals surface area (Å²) in [5.41, 5.74) is -2.21. The van der Waals surface area contributed by atoms with E-state index in [0.717, 1.165) is 19.3 Å². The molecule has 4 heterocycles. The molecule has 1 fully saturated rings. The van der Waals surface area contributed by atoms with E-state index in [1.165, 1.54) is 30.1 Å². The smallest absolute Gasteiger partial charge is 0.411 e. The first-order chi connectivity index (χ1) is 15.8. The number of aliphatic hydroxyl groups is 3. The number of hydrogen-bond acceptors (Lipinski definition) is 10. The normalized spacial score (nSPS) is 25.8. The van der Waals surface area contributed by atoms with Gasteiger partial charge in [0.05, 0.1) is 30.6 Å². The fraction of sp³-hybridized carbons (Fsp3) is 0.524. The maximum Gasteiger partial charge on any atom is 0.411 e. The number of aliphatic imine (C=N–C) groups is 1. The second-order valence-corrected chi connectivity index (χ2v) is 8.26. The quantitative estimate of drug-likeness (QED) is 0.381. The van der Waals surface area contributed by atoms with Crippen molar-refractivity contribution in [1.82, 2.24) is 9.55 Å². The maximum absolute atomic E-state index is 12.3. The Morgan fingerprint density at radius 2 is 2.21 bits per heavy atom. The summed E-state index contributed by atoms with van der Waals surface area (Å²) >= 11 is 0. The Labute approximate surface area is 188 Å². The molecular formula is C21H27N5O7. The zero-order valence-corrected chi connectivity index (χ0v) is 18.3. The number of carbonyl (C=O) groups excluding carboxylic acids is 1. The summed E-state index contributed by atoms with van der Waals surface area (Å²) in [7, 11) is 0. The second-order valence-electron chi connectivity index (χ2n) is 8.26. The van der Waals surface area contributed by atoms with E-state index in [-0.39, 0.29) is 23.9 Å². The van der Waals surface area contributed by atoms with Crippen LogP contribution < -0.4 is 16.2 Å². The summed E-state index contributed by atoms with van der Waals surface area (Å²) in [5.74, 6) is 0.497. The molecule has 33 heavy (non-hydrogen) atoms. The van der Waals surface area contributed by atoms with Gasteiger partial charge in [0.25, 0.3) is 5.56 Å². The first-order valence-corrected chi connectivity index (χ1v) is 10.8. The molecule has 12 heteroatoms. The Balaban J connectivity index is 1.78. The molecule has 5 N–H and O–H groups in total. The fourth-order valence-electron chi connectivity index (χ4n) is 4.08. The SMILES string of the molecule is CCCCCOC(=O)Nc1cc(=O)nc2c3c(n(C4OC(CO)C(O)C4(C)O)cc13)N=CN2. The highest BCUT2D eigenvalue weighted by atomic mass is 16.6. The van der Waals surface area contributed by atoms with Crippen LogP contribution in [0.25, 0.3) is 10.8 Å². The van der Waals surface area contributed by atoms with Gasteiger partial charge in [-0.05, 0) is 13.3 Å². The minimum absolute atomic E-state index is 0.144. The van der Waals surface area contributed by atoms with Gasteiger partial charge in [-0.3, -0.25) is 10.1 Å². The number of aromatic nitrogens is 2. The van der Waals surface area contributed by atoms with Crippen LogP contribution >= 0.6 is 0 Å². The summed E-state index contributed by atoms with van der Waals surface area (Å²) in [6.07, 6.45) is 1.31. The molecule has 1 saturated heterocycles. The third kappa shape index (κ3) is 4.17. The third-order valence-electron chi connectivity index (χ3n) is 5.82. The molecule has 0 spiro atoms. The first-order valence-electron chi connectivity index (χ1n) is 10.8. The predicted molar refractivity (Wildman–Crippen MR) is 120 cm³/mol. The number of rotatable bonds is 7. The van der Waals surface area contributed by atoms with Crippen molar-refractivity contribution in [2.24, 2.45) is 4.99 Å². The molecule has 0 aliphatic carbocycles. The van der Waals surface area contributed by atoms with Gasteiger partial charge in [-0.15, -0.1) is 0 Å².